The molecule has 0 aromatic heterocycles. The Morgan fingerprint density at radius 2 is 1.85 bits per heavy atom. The van der Waals surface area contributed by atoms with Crippen LogP contribution in [0.15, 0.2) is 48.5 Å². The van der Waals surface area contributed by atoms with Crippen LogP contribution in [0.25, 0.3) is 0 Å². The van der Waals surface area contributed by atoms with Crippen molar-refractivity contribution in [2.45, 2.75) is 26.5 Å². The molecule has 1 fully saturated rings. The van der Waals surface area contributed by atoms with E-state index < -0.39 is 12.5 Å². The van der Waals surface area contributed by atoms with Crippen LogP contribution in [0.3, 0.4) is 0 Å². The third kappa shape index (κ3) is 4.81. The second-order valence-corrected chi connectivity index (χ2v) is 6.48. The summed E-state index contributed by atoms with van der Waals surface area (Å²) in [6.07, 6.45) is 0.168. The molecule has 142 valence electrons. The number of hydrogen-bond donors (Lipinski definition) is 1. The molecule has 0 saturated carbocycles. The minimum atomic E-state index is -2.87. The lowest BCUT2D eigenvalue weighted by molar-refractivity contribution is -0.126. The monoisotopic (exact) mass is 374 g/mol. The highest BCUT2D eigenvalue weighted by Crippen LogP contribution is 2.25. The van der Waals surface area contributed by atoms with E-state index in [4.69, 9.17) is 0 Å². The van der Waals surface area contributed by atoms with Gasteiger partial charge in [-0.2, -0.15) is 8.78 Å². The van der Waals surface area contributed by atoms with Gasteiger partial charge in [0.2, 0.25) is 11.8 Å². The van der Waals surface area contributed by atoms with Gasteiger partial charge >= 0.3 is 6.61 Å². The van der Waals surface area contributed by atoms with E-state index >= 15 is 0 Å². The molecule has 0 radical (unpaired) electrons. The molecule has 27 heavy (non-hydrogen) atoms. The van der Waals surface area contributed by atoms with E-state index in [0.29, 0.717) is 6.54 Å². The highest BCUT2D eigenvalue weighted by molar-refractivity contribution is 6.00. The van der Waals surface area contributed by atoms with Crippen molar-refractivity contribution in [3.63, 3.8) is 0 Å². The normalized spacial score (nSPS) is 16.7. The lowest BCUT2D eigenvalue weighted by atomic mass is 10.1. The first-order chi connectivity index (χ1) is 12.9. The first-order valence-electron chi connectivity index (χ1n) is 8.61. The van der Waals surface area contributed by atoms with Crippen LogP contribution in [-0.4, -0.2) is 25.0 Å². The molecule has 1 heterocycles. The standard InChI is InChI=1S/C20H20F2N2O3/c1-13-2-6-16(7-3-13)24-12-15(10-18(24)25)19(26)23-11-14-4-8-17(9-5-14)27-20(21)22/h2-9,15,20H,10-12H2,1H3,(H,23,26). The molecular weight excluding hydrogens is 354 g/mol. The molecule has 7 heteroatoms. The maximum atomic E-state index is 12.4. The number of alkyl halides is 2. The van der Waals surface area contributed by atoms with E-state index in [9.17, 15) is 18.4 Å². The van der Waals surface area contributed by atoms with Crippen LogP contribution >= 0.6 is 0 Å². The topological polar surface area (TPSA) is 58.6 Å². The number of anilines is 1. The summed E-state index contributed by atoms with van der Waals surface area (Å²) < 4.78 is 28.6. The first-order valence-corrected chi connectivity index (χ1v) is 8.61. The molecule has 1 aliphatic heterocycles. The van der Waals surface area contributed by atoms with E-state index in [1.54, 1.807) is 17.0 Å². The number of carbonyl (C=O) groups excluding carboxylic acids is 2. The van der Waals surface area contributed by atoms with Gasteiger partial charge in [0.1, 0.15) is 5.75 Å². The van der Waals surface area contributed by atoms with Gasteiger partial charge < -0.3 is 15.0 Å². The Balaban J connectivity index is 1.54. The Kier molecular flexibility index (Phi) is 5.69. The third-order valence-electron chi connectivity index (χ3n) is 4.46. The zero-order valence-electron chi connectivity index (χ0n) is 14.8. The number of rotatable bonds is 6. The summed E-state index contributed by atoms with van der Waals surface area (Å²) in [5.41, 5.74) is 2.64. The second kappa shape index (κ2) is 8.16. The van der Waals surface area contributed by atoms with Crippen molar-refractivity contribution in [1.29, 1.82) is 0 Å². The quantitative estimate of drug-likeness (QED) is 0.844. The maximum Gasteiger partial charge on any atom is 0.387 e. The van der Waals surface area contributed by atoms with E-state index in [-0.39, 0.29) is 30.5 Å². The van der Waals surface area contributed by atoms with E-state index in [2.05, 4.69) is 10.1 Å². The van der Waals surface area contributed by atoms with Crippen molar-refractivity contribution >= 4 is 17.5 Å². The average molecular weight is 374 g/mol. The van der Waals surface area contributed by atoms with Gasteiger partial charge in [-0.3, -0.25) is 9.59 Å². The largest absolute Gasteiger partial charge is 0.435 e. The molecule has 0 aliphatic carbocycles. The number of nitrogens with zero attached hydrogens (tertiary/aromatic N) is 1. The smallest absolute Gasteiger partial charge is 0.387 e. The molecule has 2 amide bonds. The number of aryl methyl sites for hydroxylation is 1. The zero-order valence-corrected chi connectivity index (χ0v) is 14.8. The number of hydrogen-bond acceptors (Lipinski definition) is 3. The lowest BCUT2D eigenvalue weighted by Gasteiger charge is -2.17. The molecular formula is C20H20F2N2O3. The Morgan fingerprint density at radius 1 is 1.19 bits per heavy atom. The van der Waals surface area contributed by atoms with Crippen molar-refractivity contribution in [3.05, 3.63) is 59.7 Å². The van der Waals surface area contributed by atoms with E-state index in [1.165, 1.54) is 12.1 Å². The molecule has 2 aromatic rings. The second-order valence-electron chi connectivity index (χ2n) is 6.48. The van der Waals surface area contributed by atoms with Gasteiger partial charge in [0.15, 0.2) is 0 Å². The SMILES string of the molecule is Cc1ccc(N2CC(C(=O)NCc3ccc(OC(F)F)cc3)CC2=O)cc1. The minimum absolute atomic E-state index is 0.0650. The van der Waals surface area contributed by atoms with E-state index in [0.717, 1.165) is 16.8 Å². The van der Waals surface area contributed by atoms with Crippen LogP contribution in [0, 0.1) is 12.8 Å². The molecule has 1 saturated heterocycles. The van der Waals surface area contributed by atoms with Crippen molar-refractivity contribution in [3.8, 4) is 5.75 Å². The predicted molar refractivity (Wildman–Crippen MR) is 96.6 cm³/mol. The summed E-state index contributed by atoms with van der Waals surface area (Å²) in [5.74, 6) is -0.631. The van der Waals surface area contributed by atoms with E-state index in [1.807, 2.05) is 31.2 Å². The summed E-state index contributed by atoms with van der Waals surface area (Å²) in [7, 11) is 0. The fourth-order valence-corrected chi connectivity index (χ4v) is 2.98. The molecule has 1 aliphatic rings. The van der Waals surface area contributed by atoms with Crippen molar-refractivity contribution in [2.75, 3.05) is 11.4 Å². The van der Waals surface area contributed by atoms with Crippen LogP contribution < -0.4 is 15.0 Å². The molecule has 2 aromatic carbocycles. The number of carbonyl (C=O) groups is 2. The summed E-state index contributed by atoms with van der Waals surface area (Å²) in [4.78, 5) is 26.3. The Hall–Kier alpha value is -2.96. The van der Waals surface area contributed by atoms with Crippen LogP contribution in [0.4, 0.5) is 14.5 Å². The highest BCUT2D eigenvalue weighted by Gasteiger charge is 2.34. The Labute approximate surface area is 155 Å². The molecule has 0 spiro atoms. The van der Waals surface area contributed by atoms with Gasteiger partial charge in [0, 0.05) is 25.2 Å². The van der Waals surface area contributed by atoms with Crippen LogP contribution in [0.2, 0.25) is 0 Å². The van der Waals surface area contributed by atoms with Gasteiger partial charge in [-0.25, -0.2) is 0 Å². The summed E-state index contributed by atoms with van der Waals surface area (Å²) >= 11 is 0. The molecule has 1 N–H and O–H groups in total. The van der Waals surface area contributed by atoms with Gasteiger partial charge in [0.25, 0.3) is 0 Å². The fraction of sp³-hybridized carbons (Fsp3) is 0.300. The molecule has 1 atom stereocenters. The minimum Gasteiger partial charge on any atom is -0.435 e. The van der Waals surface area contributed by atoms with Gasteiger partial charge in [-0.1, -0.05) is 29.8 Å². The summed E-state index contributed by atoms with van der Waals surface area (Å²) in [6.45, 7) is -0.303. The van der Waals surface area contributed by atoms with Crippen LogP contribution in [0.5, 0.6) is 5.75 Å². The summed E-state index contributed by atoms with van der Waals surface area (Å²) in [6, 6.07) is 13.7. The first kappa shape index (κ1) is 18.8. The summed E-state index contributed by atoms with van der Waals surface area (Å²) in [5, 5.41) is 2.80. The number of benzene rings is 2. The van der Waals surface area contributed by atoms with Gasteiger partial charge in [-0.05, 0) is 36.8 Å². The van der Waals surface area contributed by atoms with Crippen molar-refractivity contribution < 1.29 is 23.1 Å². The van der Waals surface area contributed by atoms with Crippen molar-refractivity contribution in [2.24, 2.45) is 5.92 Å². The van der Waals surface area contributed by atoms with Gasteiger partial charge in [-0.15, -0.1) is 0 Å². The highest BCUT2D eigenvalue weighted by atomic mass is 19.3. The van der Waals surface area contributed by atoms with Gasteiger partial charge in [0.05, 0.1) is 5.92 Å². The molecule has 5 nitrogen and oxygen atoms in total. The fourth-order valence-electron chi connectivity index (χ4n) is 2.98. The number of halogens is 2. The van der Waals surface area contributed by atoms with Crippen molar-refractivity contribution in [1.82, 2.24) is 5.32 Å². The zero-order chi connectivity index (χ0) is 19.4. The Morgan fingerprint density at radius 3 is 2.48 bits per heavy atom. The maximum absolute atomic E-state index is 12.4. The number of amides is 2. The average Bonchev–Trinajstić information content (AvgIpc) is 3.03. The third-order valence-corrected chi connectivity index (χ3v) is 4.46. The Bertz CT molecular complexity index is 807. The lowest BCUT2D eigenvalue weighted by Crippen LogP contribution is -2.32. The molecule has 1 unspecified atom stereocenters. The number of ether oxygens (including phenoxy) is 1. The number of nitrogens with one attached hydrogen (secondary N) is 1. The van der Waals surface area contributed by atoms with Crippen LogP contribution in [-0.2, 0) is 16.1 Å². The predicted octanol–water partition coefficient (Wildman–Crippen LogP) is 3.27. The molecule has 0 bridgehead atoms. The van der Waals surface area contributed by atoms with Crippen LogP contribution in [0.1, 0.15) is 17.5 Å². The molecule has 3 rings (SSSR count).